The standard InChI is InChI=1S/C18H35NO4Si/c1-10-11-18(21)13-19(15(20)22-16(2,3)4)12-14(18)23-24(8,9)17(5,6)7/h10,14,21H,1,11-13H2,2-9H3/t14-,18+/m0/s1. The largest absolute Gasteiger partial charge is 0.444 e. The molecule has 1 rings (SSSR count). The first-order valence-corrected chi connectivity index (χ1v) is 11.5. The number of amides is 1. The number of ether oxygens (including phenoxy) is 1. The van der Waals surface area contributed by atoms with Crippen LogP contribution in [0.25, 0.3) is 0 Å². The Hall–Kier alpha value is -0.853. The van der Waals surface area contributed by atoms with Crippen molar-refractivity contribution in [2.75, 3.05) is 13.1 Å². The summed E-state index contributed by atoms with van der Waals surface area (Å²) >= 11 is 0. The molecule has 140 valence electrons. The number of likely N-dealkylation sites (tertiary alicyclic amines) is 1. The van der Waals surface area contributed by atoms with Crippen LogP contribution in [0, 0.1) is 0 Å². The predicted octanol–water partition coefficient (Wildman–Crippen LogP) is 3.93. The summed E-state index contributed by atoms with van der Waals surface area (Å²) in [5.41, 5.74) is -1.68. The van der Waals surface area contributed by atoms with E-state index in [1.807, 2.05) is 20.8 Å². The van der Waals surface area contributed by atoms with E-state index < -0.39 is 31.7 Å². The lowest BCUT2D eigenvalue weighted by molar-refractivity contribution is -0.0322. The first-order chi connectivity index (χ1) is 10.6. The Morgan fingerprint density at radius 3 is 2.29 bits per heavy atom. The van der Waals surface area contributed by atoms with E-state index in [9.17, 15) is 9.90 Å². The summed E-state index contributed by atoms with van der Waals surface area (Å²) in [7, 11) is -2.07. The molecule has 0 saturated carbocycles. The summed E-state index contributed by atoms with van der Waals surface area (Å²) in [6, 6.07) is 0. The van der Waals surface area contributed by atoms with Crippen molar-refractivity contribution >= 4 is 14.4 Å². The van der Waals surface area contributed by atoms with E-state index in [2.05, 4.69) is 40.4 Å². The highest BCUT2D eigenvalue weighted by Crippen LogP contribution is 2.40. The van der Waals surface area contributed by atoms with Gasteiger partial charge in [0.25, 0.3) is 0 Å². The van der Waals surface area contributed by atoms with E-state index >= 15 is 0 Å². The molecule has 1 aliphatic heterocycles. The molecule has 0 aromatic heterocycles. The van der Waals surface area contributed by atoms with Crippen molar-refractivity contribution < 1.29 is 19.1 Å². The Labute approximate surface area is 148 Å². The summed E-state index contributed by atoms with van der Waals surface area (Å²) in [4.78, 5) is 13.9. The zero-order chi connectivity index (χ0) is 19.0. The third-order valence-corrected chi connectivity index (χ3v) is 9.33. The third-order valence-electron chi connectivity index (χ3n) is 4.84. The van der Waals surface area contributed by atoms with Gasteiger partial charge in [0.2, 0.25) is 0 Å². The number of nitrogens with zero attached hydrogens (tertiary/aromatic N) is 1. The van der Waals surface area contributed by atoms with Crippen LogP contribution in [0.5, 0.6) is 0 Å². The molecule has 24 heavy (non-hydrogen) atoms. The summed E-state index contributed by atoms with van der Waals surface area (Å²) in [5, 5.41) is 11.1. The molecule has 6 heteroatoms. The van der Waals surface area contributed by atoms with Crippen LogP contribution < -0.4 is 0 Å². The molecule has 1 saturated heterocycles. The van der Waals surface area contributed by atoms with Crippen LogP contribution in [0.3, 0.4) is 0 Å². The van der Waals surface area contributed by atoms with Gasteiger partial charge in [0.1, 0.15) is 11.2 Å². The van der Waals surface area contributed by atoms with Crippen molar-refractivity contribution in [3.8, 4) is 0 Å². The lowest BCUT2D eigenvalue weighted by Gasteiger charge is -2.41. The topological polar surface area (TPSA) is 59.0 Å². The van der Waals surface area contributed by atoms with E-state index in [0.717, 1.165) is 0 Å². The Bertz CT molecular complexity index is 478. The van der Waals surface area contributed by atoms with Gasteiger partial charge in [-0.1, -0.05) is 26.8 Å². The van der Waals surface area contributed by atoms with Crippen LogP contribution in [0.4, 0.5) is 4.79 Å². The van der Waals surface area contributed by atoms with Gasteiger partial charge in [-0.15, -0.1) is 6.58 Å². The second-order valence-electron chi connectivity index (χ2n) is 9.32. The summed E-state index contributed by atoms with van der Waals surface area (Å²) < 4.78 is 11.9. The van der Waals surface area contributed by atoms with Crippen LogP contribution in [0.15, 0.2) is 12.7 Å². The molecule has 1 amide bonds. The van der Waals surface area contributed by atoms with Gasteiger partial charge in [0.15, 0.2) is 8.32 Å². The summed E-state index contributed by atoms with van der Waals surface area (Å²) in [6.45, 7) is 20.6. The van der Waals surface area contributed by atoms with E-state index in [4.69, 9.17) is 9.16 Å². The molecule has 2 atom stereocenters. The second-order valence-corrected chi connectivity index (χ2v) is 14.1. The number of hydrogen-bond acceptors (Lipinski definition) is 4. The number of rotatable bonds is 4. The molecule has 0 spiro atoms. The minimum absolute atomic E-state index is 0.0292. The van der Waals surface area contributed by atoms with Crippen LogP contribution in [0.2, 0.25) is 18.1 Å². The van der Waals surface area contributed by atoms with Gasteiger partial charge in [-0.25, -0.2) is 4.79 Å². The molecule has 1 heterocycles. The van der Waals surface area contributed by atoms with Crippen molar-refractivity contribution in [1.82, 2.24) is 4.90 Å². The average Bonchev–Trinajstić information content (AvgIpc) is 2.63. The third kappa shape index (κ3) is 5.07. The van der Waals surface area contributed by atoms with Crippen molar-refractivity contribution in [1.29, 1.82) is 0 Å². The summed E-state index contributed by atoms with van der Waals surface area (Å²) in [6.07, 6.45) is 1.22. The molecule has 0 unspecified atom stereocenters. The molecule has 1 aliphatic rings. The maximum absolute atomic E-state index is 12.4. The fourth-order valence-electron chi connectivity index (χ4n) is 2.46. The molecule has 0 aromatic rings. The maximum atomic E-state index is 12.4. The highest BCUT2D eigenvalue weighted by molar-refractivity contribution is 6.74. The van der Waals surface area contributed by atoms with Crippen LogP contribution >= 0.6 is 0 Å². The van der Waals surface area contributed by atoms with E-state index in [1.54, 1.807) is 11.0 Å². The fraction of sp³-hybridized carbons (Fsp3) is 0.833. The molecule has 1 N–H and O–H groups in total. The lowest BCUT2D eigenvalue weighted by atomic mass is 9.96. The Morgan fingerprint density at radius 2 is 1.88 bits per heavy atom. The van der Waals surface area contributed by atoms with Gasteiger partial charge in [-0.2, -0.15) is 0 Å². The molecule has 1 fully saturated rings. The maximum Gasteiger partial charge on any atom is 0.410 e. The minimum Gasteiger partial charge on any atom is -0.444 e. The molecule has 0 aromatic carbocycles. The van der Waals surface area contributed by atoms with Gasteiger partial charge < -0.3 is 19.2 Å². The van der Waals surface area contributed by atoms with Crippen molar-refractivity contribution in [3.63, 3.8) is 0 Å². The number of carbonyl (C=O) groups excluding carboxylic acids is 1. The van der Waals surface area contributed by atoms with Crippen LogP contribution in [-0.4, -0.2) is 54.8 Å². The number of aliphatic hydroxyl groups is 1. The molecular formula is C18H35NO4Si. The van der Waals surface area contributed by atoms with Gasteiger partial charge in [-0.05, 0) is 45.3 Å². The molecule has 0 aliphatic carbocycles. The highest BCUT2D eigenvalue weighted by atomic mass is 28.4. The quantitative estimate of drug-likeness (QED) is 0.612. The molecular weight excluding hydrogens is 322 g/mol. The zero-order valence-corrected chi connectivity index (χ0v) is 17.6. The van der Waals surface area contributed by atoms with Crippen molar-refractivity contribution in [2.24, 2.45) is 0 Å². The monoisotopic (exact) mass is 357 g/mol. The predicted molar refractivity (Wildman–Crippen MR) is 99.6 cm³/mol. The number of carbonyl (C=O) groups is 1. The van der Waals surface area contributed by atoms with Gasteiger partial charge in [-0.3, -0.25) is 0 Å². The van der Waals surface area contributed by atoms with E-state index in [0.29, 0.717) is 13.0 Å². The van der Waals surface area contributed by atoms with Gasteiger partial charge in [0.05, 0.1) is 19.2 Å². The van der Waals surface area contributed by atoms with E-state index in [-0.39, 0.29) is 11.6 Å². The minimum atomic E-state index is -2.07. The molecule has 0 bridgehead atoms. The van der Waals surface area contributed by atoms with Crippen LogP contribution in [-0.2, 0) is 9.16 Å². The first kappa shape index (κ1) is 21.2. The molecule has 0 radical (unpaired) electrons. The van der Waals surface area contributed by atoms with Gasteiger partial charge >= 0.3 is 6.09 Å². The smallest absolute Gasteiger partial charge is 0.410 e. The van der Waals surface area contributed by atoms with Crippen molar-refractivity contribution in [3.05, 3.63) is 12.7 Å². The average molecular weight is 358 g/mol. The second kappa shape index (κ2) is 6.81. The normalized spacial score (nSPS) is 25.7. The highest BCUT2D eigenvalue weighted by Gasteiger charge is 2.51. The van der Waals surface area contributed by atoms with Crippen molar-refractivity contribution in [2.45, 2.75) is 83.4 Å². The SMILES string of the molecule is C=CC[C@@]1(O)CN(C(=O)OC(C)(C)C)C[C@@H]1O[Si](C)(C)C(C)(C)C. The number of β-amino-alcohol motifs (C(OH)–C–C–N with tert-alkyl or cyclic N) is 1. The van der Waals surface area contributed by atoms with E-state index in [1.165, 1.54) is 0 Å². The van der Waals surface area contributed by atoms with Crippen LogP contribution in [0.1, 0.15) is 48.0 Å². The molecule has 5 nitrogen and oxygen atoms in total. The Balaban J connectivity index is 2.97. The first-order valence-electron chi connectivity index (χ1n) is 8.60. The zero-order valence-electron chi connectivity index (χ0n) is 16.6. The fourth-order valence-corrected chi connectivity index (χ4v) is 3.82. The number of hydrogen-bond donors (Lipinski definition) is 1. The Morgan fingerprint density at radius 1 is 1.33 bits per heavy atom. The lowest BCUT2D eigenvalue weighted by Crippen LogP contribution is -2.51. The van der Waals surface area contributed by atoms with Gasteiger partial charge in [0, 0.05) is 0 Å². The summed E-state index contributed by atoms with van der Waals surface area (Å²) in [5.74, 6) is 0. The Kier molecular flexibility index (Phi) is 6.01.